The first kappa shape index (κ1) is 19.5. The monoisotopic (exact) mass is 401 g/mol. The number of hydrogen-bond donors (Lipinski definition) is 2. The van der Waals surface area contributed by atoms with E-state index < -0.39 is 0 Å². The van der Waals surface area contributed by atoms with Gasteiger partial charge in [-0.1, -0.05) is 0 Å². The maximum Gasteiger partial charge on any atom is 0.221 e. The lowest BCUT2D eigenvalue weighted by molar-refractivity contribution is -0.121. The van der Waals surface area contributed by atoms with Crippen LogP contribution in [0.5, 0.6) is 0 Å². The minimum atomic E-state index is -0.00304. The fourth-order valence-corrected chi connectivity index (χ4v) is 3.19. The summed E-state index contributed by atoms with van der Waals surface area (Å²) in [5, 5.41) is 11.4. The molecule has 8 heteroatoms. The Balaban J connectivity index is 1.37. The Kier molecular flexibility index (Phi) is 5.93. The van der Waals surface area contributed by atoms with Crippen molar-refractivity contribution in [2.45, 2.75) is 19.9 Å². The number of aryl methyl sites for hydroxylation is 2. The van der Waals surface area contributed by atoms with Gasteiger partial charge in [-0.2, -0.15) is 5.10 Å². The number of nitrogens with one attached hydrogen (secondary N) is 2. The summed E-state index contributed by atoms with van der Waals surface area (Å²) in [5.74, 6) is 0.741. The van der Waals surface area contributed by atoms with Crippen molar-refractivity contribution in [3.8, 4) is 11.3 Å². The largest absolute Gasteiger partial charge is 0.368 e. The summed E-state index contributed by atoms with van der Waals surface area (Å²) >= 11 is 0. The molecule has 0 aliphatic rings. The average Bonchev–Trinajstić information content (AvgIpc) is 3.20. The van der Waals surface area contributed by atoms with E-state index in [9.17, 15) is 4.79 Å². The molecule has 30 heavy (non-hydrogen) atoms. The Hall–Kier alpha value is -3.81. The molecule has 0 bridgehead atoms. The molecule has 0 aliphatic carbocycles. The Morgan fingerprint density at radius 3 is 2.73 bits per heavy atom. The molecular formula is C22H23N7O. The van der Waals surface area contributed by atoms with E-state index in [0.29, 0.717) is 26.1 Å². The molecule has 4 heterocycles. The summed E-state index contributed by atoms with van der Waals surface area (Å²) in [6.45, 7) is 3.61. The number of aromatic nitrogens is 5. The number of anilines is 1. The molecule has 1 amide bonds. The van der Waals surface area contributed by atoms with Crippen LogP contribution >= 0.6 is 0 Å². The van der Waals surface area contributed by atoms with Crippen LogP contribution in [0.4, 0.5) is 5.82 Å². The van der Waals surface area contributed by atoms with Crippen molar-refractivity contribution in [1.29, 1.82) is 0 Å². The predicted molar refractivity (Wildman–Crippen MR) is 116 cm³/mol. The average molecular weight is 401 g/mol. The van der Waals surface area contributed by atoms with Crippen LogP contribution in [0.1, 0.15) is 12.1 Å². The summed E-state index contributed by atoms with van der Waals surface area (Å²) in [6, 6.07) is 11.6. The number of rotatable bonds is 8. The van der Waals surface area contributed by atoms with E-state index in [1.807, 2.05) is 48.0 Å². The molecule has 4 rings (SSSR count). The first-order valence-corrected chi connectivity index (χ1v) is 9.86. The van der Waals surface area contributed by atoms with Crippen LogP contribution < -0.4 is 10.6 Å². The third-order valence-corrected chi connectivity index (χ3v) is 4.79. The molecule has 0 saturated carbocycles. The number of carbonyl (C=O) groups excluding carboxylic acids is 1. The summed E-state index contributed by atoms with van der Waals surface area (Å²) in [6.07, 6.45) is 7.39. The SMILES string of the molecule is Cc1ccnn1CCC(=O)NCCNc1nc(-c2ccncc2)cc2ncccc12. The van der Waals surface area contributed by atoms with Crippen LogP contribution in [-0.4, -0.2) is 43.7 Å². The van der Waals surface area contributed by atoms with Gasteiger partial charge < -0.3 is 10.6 Å². The molecule has 0 fully saturated rings. The summed E-state index contributed by atoms with van der Waals surface area (Å²) in [7, 11) is 0. The van der Waals surface area contributed by atoms with Crippen LogP contribution in [0.3, 0.4) is 0 Å². The van der Waals surface area contributed by atoms with Crippen molar-refractivity contribution in [3.05, 3.63) is 66.9 Å². The third kappa shape index (κ3) is 4.60. The molecule has 4 aromatic heterocycles. The smallest absolute Gasteiger partial charge is 0.221 e. The van der Waals surface area contributed by atoms with Gasteiger partial charge >= 0.3 is 0 Å². The highest BCUT2D eigenvalue weighted by molar-refractivity contribution is 5.91. The van der Waals surface area contributed by atoms with E-state index in [2.05, 4.69) is 25.7 Å². The second-order valence-corrected chi connectivity index (χ2v) is 6.88. The molecule has 2 N–H and O–H groups in total. The van der Waals surface area contributed by atoms with Gasteiger partial charge in [0.1, 0.15) is 5.82 Å². The van der Waals surface area contributed by atoms with Crippen molar-refractivity contribution in [2.75, 3.05) is 18.4 Å². The number of carbonyl (C=O) groups is 1. The topological polar surface area (TPSA) is 97.6 Å². The molecule has 8 nitrogen and oxygen atoms in total. The molecule has 0 radical (unpaired) electrons. The van der Waals surface area contributed by atoms with Crippen molar-refractivity contribution in [2.24, 2.45) is 0 Å². The van der Waals surface area contributed by atoms with Crippen LogP contribution in [-0.2, 0) is 11.3 Å². The van der Waals surface area contributed by atoms with Gasteiger partial charge in [0.15, 0.2) is 0 Å². The zero-order valence-corrected chi connectivity index (χ0v) is 16.7. The first-order chi connectivity index (χ1) is 14.7. The highest BCUT2D eigenvalue weighted by atomic mass is 16.1. The second-order valence-electron chi connectivity index (χ2n) is 6.88. The molecular weight excluding hydrogens is 378 g/mol. The molecule has 0 spiro atoms. The van der Waals surface area contributed by atoms with E-state index in [1.165, 1.54) is 0 Å². The molecule has 0 saturated heterocycles. The highest BCUT2D eigenvalue weighted by Gasteiger charge is 2.09. The van der Waals surface area contributed by atoms with Gasteiger partial charge in [-0.15, -0.1) is 0 Å². The van der Waals surface area contributed by atoms with Gasteiger partial charge in [0.25, 0.3) is 0 Å². The lowest BCUT2D eigenvalue weighted by Gasteiger charge is -2.12. The molecule has 0 atom stereocenters. The number of fused-ring (bicyclic) bond motifs is 1. The quantitative estimate of drug-likeness (QED) is 0.441. The second kappa shape index (κ2) is 9.13. The van der Waals surface area contributed by atoms with E-state index in [1.54, 1.807) is 24.8 Å². The van der Waals surface area contributed by atoms with Crippen LogP contribution in [0, 0.1) is 6.92 Å². The standard InChI is InChI=1S/C22H23N7O/c1-16-4-11-27-29(16)14-7-21(30)25-12-13-26-22-18-3-2-8-24-20(18)15-19(28-22)17-5-9-23-10-6-17/h2-6,8-11,15H,7,12-14H2,1H3,(H,25,30)(H,26,28). The maximum absolute atomic E-state index is 12.1. The molecule has 152 valence electrons. The zero-order valence-electron chi connectivity index (χ0n) is 16.7. The lowest BCUT2D eigenvalue weighted by Crippen LogP contribution is -2.29. The molecule has 0 aliphatic heterocycles. The summed E-state index contributed by atoms with van der Waals surface area (Å²) in [5.41, 5.74) is 3.71. The summed E-state index contributed by atoms with van der Waals surface area (Å²) in [4.78, 5) is 25.4. The van der Waals surface area contributed by atoms with E-state index >= 15 is 0 Å². The van der Waals surface area contributed by atoms with Crippen LogP contribution in [0.15, 0.2) is 61.2 Å². The number of hydrogen-bond acceptors (Lipinski definition) is 6. The number of nitrogens with zero attached hydrogens (tertiary/aromatic N) is 5. The van der Waals surface area contributed by atoms with Gasteiger partial charge in [-0.3, -0.25) is 19.4 Å². The number of amides is 1. The van der Waals surface area contributed by atoms with Crippen molar-refractivity contribution < 1.29 is 4.79 Å². The Labute approximate surface area is 174 Å². The highest BCUT2D eigenvalue weighted by Crippen LogP contribution is 2.26. The minimum absolute atomic E-state index is 0.00304. The van der Waals surface area contributed by atoms with Crippen molar-refractivity contribution >= 4 is 22.6 Å². The zero-order chi connectivity index (χ0) is 20.8. The van der Waals surface area contributed by atoms with E-state index in [0.717, 1.165) is 33.7 Å². The Morgan fingerprint density at radius 2 is 1.93 bits per heavy atom. The normalized spacial score (nSPS) is 10.8. The fourth-order valence-electron chi connectivity index (χ4n) is 3.19. The van der Waals surface area contributed by atoms with Crippen molar-refractivity contribution in [1.82, 2.24) is 30.0 Å². The van der Waals surface area contributed by atoms with Crippen LogP contribution in [0.2, 0.25) is 0 Å². The molecule has 0 unspecified atom stereocenters. The van der Waals surface area contributed by atoms with Gasteiger partial charge in [0.2, 0.25) is 5.91 Å². The van der Waals surface area contributed by atoms with Gasteiger partial charge in [-0.05, 0) is 43.3 Å². The van der Waals surface area contributed by atoms with Gasteiger partial charge in [0, 0.05) is 67.5 Å². The summed E-state index contributed by atoms with van der Waals surface area (Å²) < 4.78 is 1.82. The fraction of sp³-hybridized carbons (Fsp3) is 0.227. The Morgan fingerprint density at radius 1 is 1.07 bits per heavy atom. The maximum atomic E-state index is 12.1. The third-order valence-electron chi connectivity index (χ3n) is 4.79. The number of pyridine rings is 3. The van der Waals surface area contributed by atoms with Crippen molar-refractivity contribution in [3.63, 3.8) is 0 Å². The molecule has 0 aromatic carbocycles. The first-order valence-electron chi connectivity index (χ1n) is 9.86. The Bertz CT molecular complexity index is 1140. The van der Waals surface area contributed by atoms with E-state index in [4.69, 9.17) is 4.98 Å². The van der Waals surface area contributed by atoms with Crippen LogP contribution in [0.25, 0.3) is 22.2 Å². The minimum Gasteiger partial charge on any atom is -0.368 e. The lowest BCUT2D eigenvalue weighted by atomic mass is 10.1. The van der Waals surface area contributed by atoms with E-state index in [-0.39, 0.29) is 5.91 Å². The van der Waals surface area contributed by atoms with Gasteiger partial charge in [0.05, 0.1) is 11.2 Å². The predicted octanol–water partition coefficient (Wildman–Crippen LogP) is 2.82. The molecule has 4 aromatic rings. The van der Waals surface area contributed by atoms with Gasteiger partial charge in [-0.25, -0.2) is 4.98 Å².